The van der Waals surface area contributed by atoms with Crippen molar-refractivity contribution in [3.8, 4) is 0 Å². The van der Waals surface area contributed by atoms with Gasteiger partial charge in [-0.2, -0.15) is 0 Å². The quantitative estimate of drug-likeness (QED) is 0.218. The highest BCUT2D eigenvalue weighted by Crippen LogP contribution is 2.52. The molecule has 0 saturated carbocycles. The summed E-state index contributed by atoms with van der Waals surface area (Å²) in [6.07, 6.45) is 1.20. The zero-order valence-corrected chi connectivity index (χ0v) is 22.2. The van der Waals surface area contributed by atoms with Gasteiger partial charge in [0, 0.05) is 29.3 Å². The van der Waals surface area contributed by atoms with E-state index in [1.807, 2.05) is 25.1 Å². The summed E-state index contributed by atoms with van der Waals surface area (Å²) < 4.78 is 0.652. The molecular formula is C28H24N4O3S2. The number of nitrogens with one attached hydrogen (secondary N) is 1. The molecule has 0 saturated heterocycles. The second-order valence-electron chi connectivity index (χ2n) is 10.3. The van der Waals surface area contributed by atoms with Gasteiger partial charge in [0.1, 0.15) is 5.01 Å². The van der Waals surface area contributed by atoms with Crippen LogP contribution < -0.4 is 5.32 Å². The Morgan fingerprint density at radius 2 is 1.92 bits per heavy atom. The highest BCUT2D eigenvalue weighted by molar-refractivity contribution is 8.01. The van der Waals surface area contributed by atoms with E-state index in [1.165, 1.54) is 23.1 Å². The SMILES string of the molecule is Cc1nnc(Sc2ccc(C3Nc4ccc5ccccc5c4C4=C3C(=O)CC(C)(C)C4)cc2[N+](=O)[O-])s1. The predicted octanol–water partition coefficient (Wildman–Crippen LogP) is 7.37. The lowest BCUT2D eigenvalue weighted by atomic mass is 9.68. The van der Waals surface area contributed by atoms with Gasteiger partial charge < -0.3 is 5.32 Å². The summed E-state index contributed by atoms with van der Waals surface area (Å²) in [5, 5.41) is 26.8. The number of nitro benzene ring substituents is 1. The van der Waals surface area contributed by atoms with E-state index in [2.05, 4.69) is 53.6 Å². The number of Topliss-reactive ketones (excluding diaryl/α,β-unsaturated/α-hetero) is 1. The number of carbonyl (C=O) groups is 1. The van der Waals surface area contributed by atoms with Crippen LogP contribution in [0.3, 0.4) is 0 Å². The van der Waals surface area contributed by atoms with E-state index in [0.29, 0.717) is 21.2 Å². The van der Waals surface area contributed by atoms with Crippen LogP contribution in [-0.2, 0) is 4.79 Å². The zero-order valence-electron chi connectivity index (χ0n) is 20.6. The van der Waals surface area contributed by atoms with Crippen molar-refractivity contribution in [3.63, 3.8) is 0 Å². The van der Waals surface area contributed by atoms with Gasteiger partial charge in [-0.15, -0.1) is 10.2 Å². The largest absolute Gasteiger partial charge is 0.373 e. The van der Waals surface area contributed by atoms with Gasteiger partial charge in [0.25, 0.3) is 5.69 Å². The number of allylic oxidation sites excluding steroid dienone is 1. The Hall–Kier alpha value is -3.56. The number of nitro groups is 1. The summed E-state index contributed by atoms with van der Waals surface area (Å²) in [7, 11) is 0. The Balaban J connectivity index is 1.51. The second kappa shape index (κ2) is 8.78. The first-order chi connectivity index (χ1) is 17.7. The number of fused-ring (bicyclic) bond motifs is 4. The fourth-order valence-electron chi connectivity index (χ4n) is 5.44. The van der Waals surface area contributed by atoms with Crippen LogP contribution in [0.15, 0.2) is 69.4 Å². The normalized spacial score (nSPS) is 18.4. The van der Waals surface area contributed by atoms with E-state index in [9.17, 15) is 14.9 Å². The smallest absolute Gasteiger partial charge is 0.283 e. The maximum Gasteiger partial charge on any atom is 0.283 e. The van der Waals surface area contributed by atoms with Gasteiger partial charge in [0.05, 0.1) is 15.9 Å². The minimum absolute atomic E-state index is 0.00722. The predicted molar refractivity (Wildman–Crippen MR) is 147 cm³/mol. The highest BCUT2D eigenvalue weighted by Gasteiger charge is 2.41. The van der Waals surface area contributed by atoms with Crippen LogP contribution >= 0.6 is 23.1 Å². The number of anilines is 1. The third kappa shape index (κ3) is 4.22. The van der Waals surface area contributed by atoms with Crippen LogP contribution in [0.1, 0.15) is 48.9 Å². The maximum absolute atomic E-state index is 13.7. The van der Waals surface area contributed by atoms with Gasteiger partial charge in [-0.25, -0.2) is 0 Å². The van der Waals surface area contributed by atoms with Crippen molar-refractivity contribution in [2.45, 2.75) is 48.9 Å². The van der Waals surface area contributed by atoms with Gasteiger partial charge in [-0.05, 0) is 52.8 Å². The van der Waals surface area contributed by atoms with Gasteiger partial charge >= 0.3 is 0 Å². The first-order valence-corrected chi connectivity index (χ1v) is 13.6. The van der Waals surface area contributed by atoms with Crippen molar-refractivity contribution < 1.29 is 9.72 Å². The molecule has 3 aromatic carbocycles. The molecule has 7 nitrogen and oxygen atoms in total. The molecule has 6 rings (SSSR count). The molecule has 2 heterocycles. The lowest BCUT2D eigenvalue weighted by molar-refractivity contribution is -0.387. The van der Waals surface area contributed by atoms with Crippen LogP contribution in [-0.4, -0.2) is 20.9 Å². The molecular weight excluding hydrogens is 504 g/mol. The monoisotopic (exact) mass is 528 g/mol. The molecule has 0 spiro atoms. The van der Waals surface area contributed by atoms with Crippen LogP contribution in [0.5, 0.6) is 0 Å². The lowest BCUT2D eigenvalue weighted by Crippen LogP contribution is -2.33. The van der Waals surface area contributed by atoms with Crippen LogP contribution in [0, 0.1) is 22.5 Å². The molecule has 1 aromatic heterocycles. The number of carbonyl (C=O) groups excluding carboxylic acids is 1. The number of nitrogens with zero attached hydrogens (tertiary/aromatic N) is 3. The Labute approximate surface area is 222 Å². The van der Waals surface area contributed by atoms with Crippen molar-refractivity contribution in [3.05, 3.63) is 86.4 Å². The molecule has 1 unspecified atom stereocenters. The van der Waals surface area contributed by atoms with Crippen LogP contribution in [0.25, 0.3) is 16.3 Å². The molecule has 0 fully saturated rings. The van der Waals surface area contributed by atoms with Crippen molar-refractivity contribution >= 4 is 56.6 Å². The molecule has 1 aliphatic carbocycles. The molecule has 0 bridgehead atoms. The summed E-state index contributed by atoms with van der Waals surface area (Å²) in [4.78, 5) is 25.9. The van der Waals surface area contributed by atoms with Gasteiger partial charge in [-0.3, -0.25) is 14.9 Å². The number of benzene rings is 3. The summed E-state index contributed by atoms with van der Waals surface area (Å²) in [5.41, 5.74) is 4.30. The second-order valence-corrected chi connectivity index (χ2v) is 12.8. The number of ketones is 1. The zero-order chi connectivity index (χ0) is 25.9. The van der Waals surface area contributed by atoms with Gasteiger partial charge in [-0.1, -0.05) is 73.3 Å². The highest BCUT2D eigenvalue weighted by atomic mass is 32.2. The Morgan fingerprint density at radius 1 is 1.11 bits per heavy atom. The molecule has 0 amide bonds. The number of aromatic nitrogens is 2. The van der Waals surface area contributed by atoms with Crippen LogP contribution in [0.4, 0.5) is 11.4 Å². The molecule has 0 radical (unpaired) electrons. The minimum atomic E-state index is -0.464. The van der Waals surface area contributed by atoms with Gasteiger partial charge in [0.15, 0.2) is 10.1 Å². The van der Waals surface area contributed by atoms with Crippen molar-refractivity contribution in [2.75, 3.05) is 5.32 Å². The van der Waals surface area contributed by atoms with E-state index in [-0.39, 0.29) is 21.8 Å². The fraction of sp³-hybridized carbons (Fsp3) is 0.250. The van der Waals surface area contributed by atoms with E-state index in [1.54, 1.807) is 12.1 Å². The molecule has 2 aliphatic rings. The van der Waals surface area contributed by atoms with E-state index >= 15 is 0 Å². The summed E-state index contributed by atoms with van der Waals surface area (Å²) in [5.74, 6) is 0.0905. The number of hydrogen-bond acceptors (Lipinski definition) is 8. The first kappa shape index (κ1) is 23.8. The molecule has 9 heteroatoms. The average molecular weight is 529 g/mol. The van der Waals surface area contributed by atoms with Crippen molar-refractivity contribution in [1.82, 2.24) is 10.2 Å². The number of rotatable bonds is 4. The summed E-state index contributed by atoms with van der Waals surface area (Å²) >= 11 is 2.63. The number of aryl methyl sites for hydroxylation is 1. The summed E-state index contributed by atoms with van der Waals surface area (Å²) in [6.45, 7) is 6.11. The van der Waals surface area contributed by atoms with E-state index in [4.69, 9.17) is 0 Å². The molecule has 1 aliphatic heterocycles. The minimum Gasteiger partial charge on any atom is -0.373 e. The molecule has 37 heavy (non-hydrogen) atoms. The Bertz CT molecular complexity index is 1640. The van der Waals surface area contributed by atoms with E-state index in [0.717, 1.165) is 44.6 Å². The fourth-order valence-corrected chi connectivity index (χ4v) is 7.30. The number of hydrogen-bond donors (Lipinski definition) is 1. The van der Waals surface area contributed by atoms with Crippen LogP contribution in [0.2, 0.25) is 0 Å². The first-order valence-electron chi connectivity index (χ1n) is 12.0. The Kier molecular flexibility index (Phi) is 5.65. The average Bonchev–Trinajstić information content (AvgIpc) is 3.26. The van der Waals surface area contributed by atoms with Gasteiger partial charge in [0.2, 0.25) is 0 Å². The maximum atomic E-state index is 13.7. The molecule has 1 atom stereocenters. The topological polar surface area (TPSA) is 98.0 Å². The van der Waals surface area contributed by atoms with Crippen molar-refractivity contribution in [1.29, 1.82) is 0 Å². The third-order valence-electron chi connectivity index (χ3n) is 6.96. The molecule has 4 aromatic rings. The lowest BCUT2D eigenvalue weighted by Gasteiger charge is -2.40. The van der Waals surface area contributed by atoms with E-state index < -0.39 is 6.04 Å². The Morgan fingerprint density at radius 3 is 2.68 bits per heavy atom. The molecule has 1 N–H and O–H groups in total. The molecule has 186 valence electrons. The van der Waals surface area contributed by atoms with Crippen molar-refractivity contribution in [2.24, 2.45) is 5.41 Å². The summed E-state index contributed by atoms with van der Waals surface area (Å²) in [6, 6.07) is 17.1. The third-order valence-corrected chi connectivity index (χ3v) is 8.91. The standard InChI is InChI=1S/C28H24N4O3S2/c1-15-30-31-27(36-15)37-23-11-9-17(12-21(23)32(34)35)26-25-19(13-28(2,3)14-22(25)33)24-18-7-5-4-6-16(18)8-10-20(24)29-26/h4-12,26,29H,13-14H2,1-3H3.